The highest BCUT2D eigenvalue weighted by molar-refractivity contribution is 5.96. The Hall–Kier alpha value is -3.35. The standard InChI is InChI=1S/C22H24N4O3/c1-4-28-19-11-9-18(10-12-19)26-14-16(13-20(26)27)21-23-22(29-24-21)15-5-7-17(8-6-15)25(2)3/h5-12,16H,4,13-14H2,1-3H3. The second kappa shape index (κ2) is 7.95. The van der Waals surface area contributed by atoms with Gasteiger partial charge in [-0.3, -0.25) is 4.79 Å². The minimum atomic E-state index is -0.0902. The number of carbonyl (C=O) groups is 1. The van der Waals surface area contributed by atoms with Crippen molar-refractivity contribution in [2.24, 2.45) is 0 Å². The third-order valence-electron chi connectivity index (χ3n) is 5.02. The van der Waals surface area contributed by atoms with E-state index in [4.69, 9.17) is 9.26 Å². The van der Waals surface area contributed by atoms with Crippen LogP contribution in [0.5, 0.6) is 5.75 Å². The quantitative estimate of drug-likeness (QED) is 0.637. The molecule has 0 radical (unpaired) electrons. The predicted molar refractivity (Wildman–Crippen MR) is 111 cm³/mol. The topological polar surface area (TPSA) is 71.7 Å². The molecule has 29 heavy (non-hydrogen) atoms. The molecule has 0 aliphatic carbocycles. The lowest BCUT2D eigenvalue weighted by Gasteiger charge is -2.16. The van der Waals surface area contributed by atoms with Crippen molar-refractivity contribution in [3.63, 3.8) is 0 Å². The van der Waals surface area contributed by atoms with E-state index in [1.54, 1.807) is 4.90 Å². The fourth-order valence-corrected chi connectivity index (χ4v) is 3.44. The van der Waals surface area contributed by atoms with Crippen LogP contribution in [0.15, 0.2) is 53.1 Å². The van der Waals surface area contributed by atoms with Gasteiger partial charge < -0.3 is 19.1 Å². The maximum absolute atomic E-state index is 12.6. The zero-order valence-electron chi connectivity index (χ0n) is 16.8. The molecule has 1 saturated heterocycles. The molecule has 150 valence electrons. The molecule has 1 aliphatic rings. The third-order valence-corrected chi connectivity index (χ3v) is 5.02. The number of amides is 1. The number of carbonyl (C=O) groups excluding carboxylic acids is 1. The molecule has 2 aromatic carbocycles. The van der Waals surface area contributed by atoms with Gasteiger partial charge in [0.05, 0.1) is 6.61 Å². The van der Waals surface area contributed by atoms with E-state index in [0.29, 0.717) is 31.3 Å². The lowest BCUT2D eigenvalue weighted by Crippen LogP contribution is -2.24. The molecule has 3 aromatic rings. The largest absolute Gasteiger partial charge is 0.494 e. The monoisotopic (exact) mass is 392 g/mol. The average molecular weight is 392 g/mol. The van der Waals surface area contributed by atoms with Crippen LogP contribution in [-0.2, 0) is 4.79 Å². The normalized spacial score (nSPS) is 16.3. The van der Waals surface area contributed by atoms with E-state index in [0.717, 1.165) is 22.7 Å². The van der Waals surface area contributed by atoms with E-state index in [1.165, 1.54) is 0 Å². The molecule has 1 unspecified atom stereocenters. The van der Waals surface area contributed by atoms with Crippen molar-refractivity contribution in [1.29, 1.82) is 0 Å². The van der Waals surface area contributed by atoms with Gasteiger partial charge in [0.2, 0.25) is 5.91 Å². The molecular formula is C22H24N4O3. The van der Waals surface area contributed by atoms with Crippen molar-refractivity contribution in [2.45, 2.75) is 19.3 Å². The van der Waals surface area contributed by atoms with Gasteiger partial charge in [0, 0.05) is 49.9 Å². The van der Waals surface area contributed by atoms with Gasteiger partial charge in [-0.2, -0.15) is 4.98 Å². The molecule has 0 N–H and O–H groups in total. The molecule has 0 bridgehead atoms. The van der Waals surface area contributed by atoms with Gasteiger partial charge in [0.25, 0.3) is 5.89 Å². The van der Waals surface area contributed by atoms with Gasteiger partial charge in [0.15, 0.2) is 5.82 Å². The first-order chi connectivity index (χ1) is 14.0. The summed E-state index contributed by atoms with van der Waals surface area (Å²) in [5, 5.41) is 4.14. The van der Waals surface area contributed by atoms with E-state index in [9.17, 15) is 4.79 Å². The number of rotatable bonds is 6. The Bertz CT molecular complexity index is 980. The molecule has 0 saturated carbocycles. The van der Waals surface area contributed by atoms with E-state index >= 15 is 0 Å². The summed E-state index contributed by atoms with van der Waals surface area (Å²) in [6, 6.07) is 15.5. The summed E-state index contributed by atoms with van der Waals surface area (Å²) in [4.78, 5) is 20.9. The van der Waals surface area contributed by atoms with Crippen molar-refractivity contribution >= 4 is 17.3 Å². The van der Waals surface area contributed by atoms with Crippen molar-refractivity contribution < 1.29 is 14.1 Å². The number of hydrogen-bond acceptors (Lipinski definition) is 6. The Balaban J connectivity index is 1.48. The van der Waals surface area contributed by atoms with Crippen LogP contribution in [0, 0.1) is 0 Å². The highest BCUT2D eigenvalue weighted by Crippen LogP contribution is 2.32. The van der Waals surface area contributed by atoms with E-state index in [2.05, 4.69) is 10.1 Å². The number of anilines is 2. The zero-order valence-corrected chi connectivity index (χ0v) is 16.8. The minimum Gasteiger partial charge on any atom is -0.494 e. The Morgan fingerprint density at radius 3 is 2.52 bits per heavy atom. The second-order valence-electron chi connectivity index (χ2n) is 7.23. The van der Waals surface area contributed by atoms with Crippen molar-refractivity contribution in [1.82, 2.24) is 10.1 Å². The summed E-state index contributed by atoms with van der Waals surface area (Å²) in [6.07, 6.45) is 0.367. The van der Waals surface area contributed by atoms with E-state index < -0.39 is 0 Å². The Labute approximate surface area is 169 Å². The van der Waals surface area contributed by atoms with Crippen molar-refractivity contribution in [3.8, 4) is 17.2 Å². The molecule has 0 spiro atoms. The predicted octanol–water partition coefficient (Wildman–Crippen LogP) is 3.72. The highest BCUT2D eigenvalue weighted by Gasteiger charge is 2.34. The summed E-state index contributed by atoms with van der Waals surface area (Å²) >= 11 is 0. The number of ether oxygens (including phenoxy) is 1. The van der Waals surface area contributed by atoms with Crippen LogP contribution in [0.2, 0.25) is 0 Å². The van der Waals surface area contributed by atoms with Crippen molar-refractivity contribution in [3.05, 3.63) is 54.4 Å². The van der Waals surface area contributed by atoms with Gasteiger partial charge in [0.1, 0.15) is 5.75 Å². The molecule has 1 amide bonds. The number of aromatic nitrogens is 2. The van der Waals surface area contributed by atoms with E-state index in [1.807, 2.05) is 74.4 Å². The lowest BCUT2D eigenvalue weighted by molar-refractivity contribution is -0.117. The van der Waals surface area contributed by atoms with Crippen LogP contribution in [0.3, 0.4) is 0 Å². The Morgan fingerprint density at radius 2 is 1.86 bits per heavy atom. The molecule has 2 heterocycles. The Morgan fingerprint density at radius 1 is 1.14 bits per heavy atom. The molecule has 4 rings (SSSR count). The van der Waals surface area contributed by atoms with E-state index in [-0.39, 0.29) is 11.8 Å². The average Bonchev–Trinajstić information content (AvgIpc) is 3.36. The van der Waals surface area contributed by atoms with Gasteiger partial charge in [-0.05, 0) is 55.5 Å². The molecule has 1 fully saturated rings. The first-order valence-electron chi connectivity index (χ1n) is 9.69. The van der Waals surface area contributed by atoms with Crippen LogP contribution < -0.4 is 14.5 Å². The van der Waals surface area contributed by atoms with Crippen molar-refractivity contribution in [2.75, 3.05) is 37.0 Å². The Kier molecular flexibility index (Phi) is 5.20. The van der Waals surface area contributed by atoms with Crippen LogP contribution >= 0.6 is 0 Å². The fraction of sp³-hybridized carbons (Fsp3) is 0.318. The number of benzene rings is 2. The molecule has 7 nitrogen and oxygen atoms in total. The maximum atomic E-state index is 12.6. The summed E-state index contributed by atoms with van der Waals surface area (Å²) in [5.41, 5.74) is 2.81. The lowest BCUT2D eigenvalue weighted by atomic mass is 10.1. The van der Waals surface area contributed by atoms with Crippen LogP contribution in [0.25, 0.3) is 11.5 Å². The molecule has 1 aromatic heterocycles. The summed E-state index contributed by atoms with van der Waals surface area (Å²) in [5.74, 6) is 1.80. The van der Waals surface area contributed by atoms with Crippen LogP contribution in [0.4, 0.5) is 11.4 Å². The number of nitrogens with zero attached hydrogens (tertiary/aromatic N) is 4. The number of hydrogen-bond donors (Lipinski definition) is 0. The highest BCUT2D eigenvalue weighted by atomic mass is 16.5. The fourth-order valence-electron chi connectivity index (χ4n) is 3.44. The van der Waals surface area contributed by atoms with Crippen LogP contribution in [0.1, 0.15) is 25.1 Å². The third kappa shape index (κ3) is 3.94. The van der Waals surface area contributed by atoms with Crippen LogP contribution in [-0.4, -0.2) is 43.3 Å². The SMILES string of the molecule is CCOc1ccc(N2CC(c3noc(-c4ccc(N(C)C)cc4)n3)CC2=O)cc1. The van der Waals surface area contributed by atoms with Gasteiger partial charge in [-0.25, -0.2) is 0 Å². The maximum Gasteiger partial charge on any atom is 0.257 e. The molecule has 1 aliphatic heterocycles. The summed E-state index contributed by atoms with van der Waals surface area (Å²) in [6.45, 7) is 3.09. The van der Waals surface area contributed by atoms with Gasteiger partial charge in [-0.15, -0.1) is 0 Å². The smallest absolute Gasteiger partial charge is 0.257 e. The zero-order chi connectivity index (χ0) is 20.4. The molecule has 7 heteroatoms. The summed E-state index contributed by atoms with van der Waals surface area (Å²) in [7, 11) is 3.99. The summed E-state index contributed by atoms with van der Waals surface area (Å²) < 4.78 is 10.9. The first kappa shape index (κ1) is 19.0. The molecule has 1 atom stereocenters. The van der Waals surface area contributed by atoms with Gasteiger partial charge >= 0.3 is 0 Å². The second-order valence-corrected chi connectivity index (χ2v) is 7.23. The molecular weight excluding hydrogens is 368 g/mol. The first-order valence-corrected chi connectivity index (χ1v) is 9.69. The van der Waals surface area contributed by atoms with Gasteiger partial charge in [-0.1, -0.05) is 5.16 Å². The minimum absolute atomic E-state index is 0.0563.